The first-order valence-electron chi connectivity index (χ1n) is 4.76. The van der Waals surface area contributed by atoms with E-state index in [2.05, 4.69) is 0 Å². The van der Waals surface area contributed by atoms with Crippen LogP contribution in [0.2, 0.25) is 0 Å². The lowest BCUT2D eigenvalue weighted by molar-refractivity contribution is 0.276. The normalized spacial score (nSPS) is 12.9. The van der Waals surface area contributed by atoms with Gasteiger partial charge in [0, 0.05) is 6.61 Å². The number of rotatable bonds is 4. The number of aliphatic hydroxyl groups excluding tert-OH is 1. The summed E-state index contributed by atoms with van der Waals surface area (Å²) in [7, 11) is 0. The third-order valence-electron chi connectivity index (χ3n) is 2.42. The van der Waals surface area contributed by atoms with E-state index in [9.17, 15) is 4.39 Å². The summed E-state index contributed by atoms with van der Waals surface area (Å²) in [6.07, 6.45) is 0.627. The summed E-state index contributed by atoms with van der Waals surface area (Å²) >= 11 is 0. The average molecular weight is 197 g/mol. The molecule has 0 bridgehead atoms. The third kappa shape index (κ3) is 2.53. The number of aryl methyl sites for hydroxylation is 1. The van der Waals surface area contributed by atoms with Crippen molar-refractivity contribution >= 4 is 0 Å². The zero-order valence-corrected chi connectivity index (χ0v) is 8.33. The van der Waals surface area contributed by atoms with E-state index in [4.69, 9.17) is 10.8 Å². The van der Waals surface area contributed by atoms with Gasteiger partial charge >= 0.3 is 0 Å². The smallest absolute Gasteiger partial charge is 0.126 e. The maximum Gasteiger partial charge on any atom is 0.126 e. The molecule has 0 aliphatic carbocycles. The molecule has 0 saturated carbocycles. The van der Waals surface area contributed by atoms with Crippen molar-refractivity contribution in [2.24, 2.45) is 5.73 Å². The minimum Gasteiger partial charge on any atom is -0.396 e. The third-order valence-corrected chi connectivity index (χ3v) is 2.42. The molecule has 0 radical (unpaired) electrons. The number of aliphatic hydroxyl groups is 1. The van der Waals surface area contributed by atoms with Gasteiger partial charge in [-0.25, -0.2) is 4.39 Å². The van der Waals surface area contributed by atoms with Crippen LogP contribution in [-0.2, 0) is 0 Å². The molecule has 1 aromatic rings. The van der Waals surface area contributed by atoms with Gasteiger partial charge in [-0.1, -0.05) is 12.1 Å². The predicted molar refractivity (Wildman–Crippen MR) is 54.6 cm³/mol. The van der Waals surface area contributed by atoms with E-state index in [1.165, 1.54) is 6.07 Å². The monoisotopic (exact) mass is 197 g/mol. The van der Waals surface area contributed by atoms with Crippen LogP contribution in [0.25, 0.3) is 0 Å². The van der Waals surface area contributed by atoms with E-state index in [0.717, 1.165) is 5.56 Å². The Kier molecular flexibility index (Phi) is 4.04. The molecule has 1 rings (SSSR count). The second-order valence-corrected chi connectivity index (χ2v) is 3.45. The van der Waals surface area contributed by atoms with Gasteiger partial charge in [-0.15, -0.1) is 0 Å². The van der Waals surface area contributed by atoms with Crippen molar-refractivity contribution in [1.29, 1.82) is 0 Å². The molecular formula is C11H16FNO. The molecule has 0 spiro atoms. The van der Waals surface area contributed by atoms with E-state index >= 15 is 0 Å². The van der Waals surface area contributed by atoms with Crippen LogP contribution >= 0.6 is 0 Å². The fourth-order valence-corrected chi connectivity index (χ4v) is 1.50. The molecule has 1 aromatic carbocycles. The van der Waals surface area contributed by atoms with Crippen LogP contribution in [0.3, 0.4) is 0 Å². The molecule has 3 N–H and O–H groups in total. The van der Waals surface area contributed by atoms with Crippen molar-refractivity contribution in [2.45, 2.75) is 19.3 Å². The molecule has 0 fully saturated rings. The quantitative estimate of drug-likeness (QED) is 0.769. The highest BCUT2D eigenvalue weighted by Crippen LogP contribution is 2.20. The lowest BCUT2D eigenvalue weighted by Crippen LogP contribution is -2.14. The second-order valence-electron chi connectivity index (χ2n) is 3.45. The van der Waals surface area contributed by atoms with E-state index in [1.54, 1.807) is 19.1 Å². The van der Waals surface area contributed by atoms with Gasteiger partial charge < -0.3 is 10.8 Å². The molecule has 0 heterocycles. The molecule has 0 saturated heterocycles. The van der Waals surface area contributed by atoms with E-state index in [1.807, 2.05) is 0 Å². The molecular weight excluding hydrogens is 181 g/mol. The van der Waals surface area contributed by atoms with Crippen LogP contribution in [-0.4, -0.2) is 18.3 Å². The first-order chi connectivity index (χ1) is 6.69. The fraction of sp³-hybridized carbons (Fsp3) is 0.455. The second kappa shape index (κ2) is 5.08. The topological polar surface area (TPSA) is 46.2 Å². The molecule has 2 nitrogen and oxygen atoms in total. The molecule has 1 atom stereocenters. The molecule has 0 aromatic heterocycles. The Morgan fingerprint density at radius 2 is 2.21 bits per heavy atom. The first kappa shape index (κ1) is 11.1. The van der Waals surface area contributed by atoms with Gasteiger partial charge in [-0.2, -0.15) is 0 Å². The SMILES string of the molecule is Cc1cc(C(CN)CCO)ccc1F. The molecule has 14 heavy (non-hydrogen) atoms. The Hall–Kier alpha value is -0.930. The van der Waals surface area contributed by atoms with Crippen LogP contribution in [0.5, 0.6) is 0 Å². The maximum atomic E-state index is 13.0. The Morgan fingerprint density at radius 3 is 2.71 bits per heavy atom. The maximum absolute atomic E-state index is 13.0. The molecule has 78 valence electrons. The number of halogens is 1. The zero-order valence-electron chi connectivity index (χ0n) is 8.33. The lowest BCUT2D eigenvalue weighted by atomic mass is 9.95. The number of nitrogens with two attached hydrogens (primary N) is 1. The minimum atomic E-state index is -0.200. The lowest BCUT2D eigenvalue weighted by Gasteiger charge is -2.14. The van der Waals surface area contributed by atoms with Gasteiger partial charge in [0.25, 0.3) is 0 Å². The summed E-state index contributed by atoms with van der Waals surface area (Å²) in [6.45, 7) is 2.31. The Bertz CT molecular complexity index is 301. The van der Waals surface area contributed by atoms with Crippen molar-refractivity contribution in [3.63, 3.8) is 0 Å². The van der Waals surface area contributed by atoms with Crippen LogP contribution in [0.1, 0.15) is 23.5 Å². The molecule has 1 unspecified atom stereocenters. The van der Waals surface area contributed by atoms with Crippen LogP contribution in [0, 0.1) is 12.7 Å². The van der Waals surface area contributed by atoms with Gasteiger partial charge in [0.05, 0.1) is 0 Å². The summed E-state index contributed by atoms with van der Waals surface area (Å²) in [5, 5.41) is 8.82. The summed E-state index contributed by atoms with van der Waals surface area (Å²) in [5.41, 5.74) is 7.20. The first-order valence-corrected chi connectivity index (χ1v) is 4.76. The summed E-state index contributed by atoms with van der Waals surface area (Å²) in [5.74, 6) is -0.0761. The van der Waals surface area contributed by atoms with Crippen LogP contribution < -0.4 is 5.73 Å². The highest BCUT2D eigenvalue weighted by molar-refractivity contribution is 5.27. The minimum absolute atomic E-state index is 0.109. The molecule has 3 heteroatoms. The van der Waals surface area contributed by atoms with E-state index in [0.29, 0.717) is 18.5 Å². The van der Waals surface area contributed by atoms with Gasteiger partial charge in [-0.3, -0.25) is 0 Å². The van der Waals surface area contributed by atoms with Crippen molar-refractivity contribution in [2.75, 3.05) is 13.2 Å². The predicted octanol–water partition coefficient (Wildman–Crippen LogP) is 1.56. The highest BCUT2D eigenvalue weighted by Gasteiger charge is 2.10. The number of hydrogen-bond acceptors (Lipinski definition) is 2. The van der Waals surface area contributed by atoms with Gasteiger partial charge in [-0.05, 0) is 43.0 Å². The summed E-state index contributed by atoms with van der Waals surface area (Å²) in [4.78, 5) is 0. The van der Waals surface area contributed by atoms with E-state index in [-0.39, 0.29) is 18.3 Å². The van der Waals surface area contributed by atoms with Gasteiger partial charge in [0.1, 0.15) is 5.82 Å². The summed E-state index contributed by atoms with van der Waals surface area (Å²) in [6, 6.07) is 4.97. The van der Waals surface area contributed by atoms with Crippen molar-refractivity contribution in [3.05, 3.63) is 35.1 Å². The van der Waals surface area contributed by atoms with Crippen LogP contribution in [0.15, 0.2) is 18.2 Å². The molecule has 0 aliphatic heterocycles. The van der Waals surface area contributed by atoms with Crippen LogP contribution in [0.4, 0.5) is 4.39 Å². The van der Waals surface area contributed by atoms with Crippen molar-refractivity contribution in [3.8, 4) is 0 Å². The number of benzene rings is 1. The number of hydrogen-bond donors (Lipinski definition) is 2. The average Bonchev–Trinajstić information content (AvgIpc) is 2.19. The standard InChI is InChI=1S/C11H16FNO/c1-8-6-9(2-3-11(8)12)10(7-13)4-5-14/h2-3,6,10,14H,4-5,7,13H2,1H3. The highest BCUT2D eigenvalue weighted by atomic mass is 19.1. The Morgan fingerprint density at radius 1 is 1.50 bits per heavy atom. The van der Waals surface area contributed by atoms with E-state index < -0.39 is 0 Å². The molecule has 0 amide bonds. The zero-order chi connectivity index (χ0) is 10.6. The van der Waals surface area contributed by atoms with Crippen molar-refractivity contribution in [1.82, 2.24) is 0 Å². The van der Waals surface area contributed by atoms with Gasteiger partial charge in [0.15, 0.2) is 0 Å². The van der Waals surface area contributed by atoms with Crippen molar-refractivity contribution < 1.29 is 9.50 Å². The largest absolute Gasteiger partial charge is 0.396 e. The Labute approximate surface area is 83.6 Å². The molecule has 0 aliphatic rings. The summed E-state index contributed by atoms with van der Waals surface area (Å²) < 4.78 is 13.0. The van der Waals surface area contributed by atoms with Gasteiger partial charge in [0.2, 0.25) is 0 Å². The Balaban J connectivity index is 2.88. The fourth-order valence-electron chi connectivity index (χ4n) is 1.50.